The van der Waals surface area contributed by atoms with E-state index in [4.69, 9.17) is 14.2 Å². The molecule has 0 bridgehead atoms. The van der Waals surface area contributed by atoms with Crippen molar-refractivity contribution in [3.63, 3.8) is 0 Å². The fraction of sp³-hybridized carbons (Fsp3) is 0.429. The van der Waals surface area contributed by atoms with E-state index in [1.807, 2.05) is 0 Å². The molecule has 0 aromatic heterocycles. The van der Waals surface area contributed by atoms with E-state index < -0.39 is 0 Å². The Hall–Kier alpha value is -2.20. The van der Waals surface area contributed by atoms with E-state index in [1.165, 1.54) is 34.4 Å². The maximum atomic E-state index is 5.93. The van der Waals surface area contributed by atoms with Crippen molar-refractivity contribution >= 4 is 0 Å². The number of ether oxygens (including phenoxy) is 3. The lowest BCUT2D eigenvalue weighted by Crippen LogP contribution is -2.52. The van der Waals surface area contributed by atoms with E-state index in [-0.39, 0.29) is 0 Å². The average Bonchev–Trinajstić information content (AvgIpc) is 3.12. The molecule has 1 aliphatic carbocycles. The molecule has 2 heterocycles. The number of rotatable bonds is 2. The zero-order valence-corrected chi connectivity index (χ0v) is 15.1. The van der Waals surface area contributed by atoms with Gasteiger partial charge in [-0.2, -0.15) is 0 Å². The highest BCUT2D eigenvalue weighted by atomic mass is 16.7. The Labute approximate surface area is 148 Å². The highest BCUT2D eigenvalue weighted by molar-refractivity contribution is 5.84. The van der Waals surface area contributed by atoms with Crippen LogP contribution in [0.25, 0.3) is 11.1 Å². The van der Waals surface area contributed by atoms with Gasteiger partial charge in [0.15, 0.2) is 11.5 Å². The van der Waals surface area contributed by atoms with Crippen molar-refractivity contribution < 1.29 is 18.7 Å². The van der Waals surface area contributed by atoms with Gasteiger partial charge >= 0.3 is 0 Å². The van der Waals surface area contributed by atoms with Crippen LogP contribution in [-0.4, -0.2) is 38.5 Å². The van der Waals surface area contributed by atoms with Crippen LogP contribution in [0.15, 0.2) is 24.3 Å². The molecule has 3 aliphatic rings. The van der Waals surface area contributed by atoms with Crippen molar-refractivity contribution in [2.24, 2.45) is 0 Å². The van der Waals surface area contributed by atoms with E-state index in [2.05, 4.69) is 38.2 Å². The Bertz CT molecular complexity index is 876. The van der Waals surface area contributed by atoms with Crippen LogP contribution in [-0.2, 0) is 12.8 Å². The molecule has 4 nitrogen and oxygen atoms in total. The van der Waals surface area contributed by atoms with Crippen molar-refractivity contribution in [2.75, 3.05) is 34.0 Å². The molecule has 2 aromatic carbocycles. The van der Waals surface area contributed by atoms with Gasteiger partial charge in [-0.15, -0.1) is 0 Å². The van der Waals surface area contributed by atoms with Crippen LogP contribution in [0.3, 0.4) is 0 Å². The van der Waals surface area contributed by atoms with Gasteiger partial charge in [-0.3, -0.25) is 0 Å². The molecule has 0 saturated heterocycles. The van der Waals surface area contributed by atoms with Gasteiger partial charge in [0.25, 0.3) is 0 Å². The second-order valence-corrected chi connectivity index (χ2v) is 7.57. The van der Waals surface area contributed by atoms with E-state index in [1.54, 1.807) is 7.11 Å². The second-order valence-electron chi connectivity index (χ2n) is 7.57. The lowest BCUT2D eigenvalue weighted by molar-refractivity contribution is -0.939. The van der Waals surface area contributed by atoms with Gasteiger partial charge in [-0.1, -0.05) is 6.07 Å². The van der Waals surface area contributed by atoms with Crippen molar-refractivity contribution in [1.82, 2.24) is 0 Å². The minimum Gasteiger partial charge on any atom is -0.497 e. The Morgan fingerprint density at radius 1 is 1.20 bits per heavy atom. The smallest absolute Gasteiger partial charge is 0.231 e. The molecule has 130 valence electrons. The molecule has 2 aromatic rings. The molecule has 2 unspecified atom stereocenters. The summed E-state index contributed by atoms with van der Waals surface area (Å²) in [7, 11) is 4.12. The molecule has 0 fully saturated rings. The van der Waals surface area contributed by atoms with Crippen LogP contribution in [0, 0.1) is 0 Å². The predicted octanol–water partition coefficient (Wildman–Crippen LogP) is 3.71. The van der Waals surface area contributed by atoms with Crippen molar-refractivity contribution in [3.05, 3.63) is 41.0 Å². The van der Waals surface area contributed by atoms with Gasteiger partial charge in [-0.25, -0.2) is 0 Å². The Morgan fingerprint density at radius 3 is 2.88 bits per heavy atom. The first-order valence-corrected chi connectivity index (χ1v) is 9.11. The minimum atomic E-state index is 0.315. The highest BCUT2D eigenvalue weighted by Crippen LogP contribution is 2.55. The fourth-order valence-electron chi connectivity index (χ4n) is 4.81. The number of fused-ring (bicyclic) bond motifs is 4. The minimum absolute atomic E-state index is 0.315. The van der Waals surface area contributed by atoms with Crippen LogP contribution in [0.1, 0.15) is 29.7 Å². The third-order valence-electron chi connectivity index (χ3n) is 6.49. The first-order chi connectivity index (χ1) is 12.1. The summed E-state index contributed by atoms with van der Waals surface area (Å²) in [5, 5.41) is 0. The Balaban J connectivity index is 1.84. The number of nitrogens with zero attached hydrogens (tertiary/aromatic N) is 1. The Morgan fingerprint density at radius 2 is 2.08 bits per heavy atom. The molecule has 4 heteroatoms. The summed E-state index contributed by atoms with van der Waals surface area (Å²) >= 11 is 0. The largest absolute Gasteiger partial charge is 0.497 e. The zero-order chi connectivity index (χ0) is 17.2. The maximum Gasteiger partial charge on any atom is 0.231 e. The molecular formula is C21H24NO3+. The van der Waals surface area contributed by atoms with Crippen molar-refractivity contribution in [2.45, 2.75) is 25.8 Å². The summed E-state index contributed by atoms with van der Waals surface area (Å²) in [4.78, 5) is 0. The van der Waals surface area contributed by atoms with Gasteiger partial charge in [0.1, 0.15) is 11.8 Å². The summed E-state index contributed by atoms with van der Waals surface area (Å²) in [6.45, 7) is 4.94. The lowest BCUT2D eigenvalue weighted by Gasteiger charge is -2.47. The highest BCUT2D eigenvalue weighted by Gasteiger charge is 2.45. The number of hydrogen-bond acceptors (Lipinski definition) is 3. The molecule has 0 saturated carbocycles. The summed E-state index contributed by atoms with van der Waals surface area (Å²) < 4.78 is 18.3. The van der Waals surface area contributed by atoms with Crippen molar-refractivity contribution in [1.29, 1.82) is 0 Å². The molecule has 0 spiro atoms. The first-order valence-electron chi connectivity index (χ1n) is 9.11. The third-order valence-corrected chi connectivity index (χ3v) is 6.49. The van der Waals surface area contributed by atoms with Gasteiger partial charge in [-0.05, 0) is 41.8 Å². The monoisotopic (exact) mass is 338 g/mol. The molecule has 0 N–H and O–H groups in total. The predicted molar refractivity (Wildman–Crippen MR) is 96.3 cm³/mol. The summed E-state index contributed by atoms with van der Waals surface area (Å²) in [5.41, 5.74) is 6.78. The molecule has 5 rings (SSSR count). The number of likely N-dealkylation sites (N-methyl/N-ethyl adjacent to an activating group) is 1. The Kier molecular flexibility index (Phi) is 3.11. The van der Waals surface area contributed by atoms with Crippen LogP contribution >= 0.6 is 0 Å². The van der Waals surface area contributed by atoms with E-state index in [9.17, 15) is 0 Å². The normalized spacial score (nSPS) is 25.3. The molecule has 25 heavy (non-hydrogen) atoms. The van der Waals surface area contributed by atoms with Crippen LogP contribution in [0.4, 0.5) is 0 Å². The maximum absolute atomic E-state index is 5.93. The SMILES string of the molecule is CC[N+]1(C)CCc2cc3c(c4c2C1Cc1ccc(OC)cc1-4)OCO3. The van der Waals surface area contributed by atoms with Crippen LogP contribution < -0.4 is 14.2 Å². The van der Waals surface area contributed by atoms with Gasteiger partial charge in [0, 0.05) is 24.0 Å². The second kappa shape index (κ2) is 5.15. The standard InChI is InChI=1S/C21H24NO3/c1-4-22(2)8-7-14-10-18-21(25-12-24-18)20-16-11-15(23-3)6-5-13(16)9-17(22)19(14)20/h5-6,10-11,17H,4,7-9,12H2,1-3H3/q+1. The average molecular weight is 338 g/mol. The van der Waals surface area contributed by atoms with Gasteiger partial charge in [0.05, 0.1) is 27.2 Å². The first kappa shape index (κ1) is 15.1. The summed E-state index contributed by atoms with van der Waals surface area (Å²) in [6, 6.07) is 9.16. The van der Waals surface area contributed by atoms with Gasteiger partial charge in [0.2, 0.25) is 6.79 Å². The van der Waals surface area contributed by atoms with E-state index in [0.29, 0.717) is 12.8 Å². The molecule has 0 amide bonds. The number of methoxy groups -OCH3 is 1. The molecule has 0 radical (unpaired) electrons. The topological polar surface area (TPSA) is 27.7 Å². The van der Waals surface area contributed by atoms with Crippen LogP contribution in [0.5, 0.6) is 17.2 Å². The number of hydrogen-bond donors (Lipinski definition) is 0. The molecular weight excluding hydrogens is 314 g/mol. The van der Waals surface area contributed by atoms with Gasteiger partial charge < -0.3 is 18.7 Å². The zero-order valence-electron chi connectivity index (χ0n) is 15.1. The van der Waals surface area contributed by atoms with E-state index in [0.717, 1.165) is 41.1 Å². The van der Waals surface area contributed by atoms with Crippen LogP contribution in [0.2, 0.25) is 0 Å². The molecule has 2 aliphatic heterocycles. The number of quaternary nitrogens is 1. The quantitative estimate of drug-likeness (QED) is 0.781. The third kappa shape index (κ3) is 1.97. The fourth-order valence-corrected chi connectivity index (χ4v) is 4.81. The lowest BCUT2D eigenvalue weighted by atomic mass is 9.75. The van der Waals surface area contributed by atoms with Crippen molar-refractivity contribution in [3.8, 4) is 28.4 Å². The van der Waals surface area contributed by atoms with E-state index >= 15 is 0 Å². The molecule has 2 atom stereocenters. The summed E-state index contributed by atoms with van der Waals surface area (Å²) in [6.07, 6.45) is 2.17. The summed E-state index contributed by atoms with van der Waals surface area (Å²) in [5.74, 6) is 2.71. The number of benzene rings is 2.